The fraction of sp³-hybridized carbons (Fsp3) is 1.00. The number of likely N-dealkylation sites (tertiary alicyclic amines) is 1. The molecular formula is C10H20FN. The molecule has 2 atom stereocenters. The molecule has 1 saturated heterocycles. The van der Waals surface area contributed by atoms with Gasteiger partial charge in [0.2, 0.25) is 0 Å². The van der Waals surface area contributed by atoms with E-state index in [2.05, 4.69) is 32.6 Å². The zero-order valence-electron chi connectivity index (χ0n) is 8.60. The summed E-state index contributed by atoms with van der Waals surface area (Å²) in [6, 6.07) is 0. The largest absolute Gasteiger partial charge is 0.300 e. The van der Waals surface area contributed by atoms with E-state index in [9.17, 15) is 4.39 Å². The third-order valence-corrected chi connectivity index (χ3v) is 2.88. The topological polar surface area (TPSA) is 3.24 Å². The van der Waals surface area contributed by atoms with Gasteiger partial charge in [0.05, 0.1) is 0 Å². The first-order valence-corrected chi connectivity index (χ1v) is 4.81. The SMILES string of the molecule is CCN1CC(F)C(C(C)(C)C)C1. The van der Waals surface area contributed by atoms with Crippen molar-refractivity contribution in [3.05, 3.63) is 0 Å². The zero-order valence-corrected chi connectivity index (χ0v) is 8.60. The number of rotatable bonds is 1. The van der Waals surface area contributed by atoms with Crippen molar-refractivity contribution in [2.24, 2.45) is 11.3 Å². The van der Waals surface area contributed by atoms with E-state index in [4.69, 9.17) is 0 Å². The molecule has 0 aromatic heterocycles. The van der Waals surface area contributed by atoms with Crippen LogP contribution in [0.5, 0.6) is 0 Å². The standard InChI is InChI=1S/C10H20FN/c1-5-12-6-8(9(11)7-12)10(2,3)4/h8-9H,5-7H2,1-4H3. The lowest BCUT2D eigenvalue weighted by Crippen LogP contribution is -2.28. The Morgan fingerprint density at radius 2 is 1.92 bits per heavy atom. The molecule has 12 heavy (non-hydrogen) atoms. The maximum atomic E-state index is 13.5. The van der Waals surface area contributed by atoms with Gasteiger partial charge in [-0.1, -0.05) is 27.7 Å². The number of hydrogen-bond acceptors (Lipinski definition) is 1. The minimum absolute atomic E-state index is 0.114. The summed E-state index contributed by atoms with van der Waals surface area (Å²) in [6.45, 7) is 11.0. The van der Waals surface area contributed by atoms with Crippen molar-refractivity contribution >= 4 is 0 Å². The molecule has 0 spiro atoms. The Morgan fingerprint density at radius 1 is 1.33 bits per heavy atom. The highest BCUT2D eigenvalue weighted by Crippen LogP contribution is 2.35. The van der Waals surface area contributed by atoms with Crippen LogP contribution < -0.4 is 0 Å². The molecular weight excluding hydrogens is 153 g/mol. The highest BCUT2D eigenvalue weighted by molar-refractivity contribution is 4.90. The normalized spacial score (nSPS) is 32.8. The molecule has 1 rings (SSSR count). The van der Waals surface area contributed by atoms with Gasteiger partial charge >= 0.3 is 0 Å². The van der Waals surface area contributed by atoms with E-state index < -0.39 is 6.17 Å². The van der Waals surface area contributed by atoms with Crippen LogP contribution in [0.15, 0.2) is 0 Å². The van der Waals surface area contributed by atoms with Crippen LogP contribution in [0.4, 0.5) is 4.39 Å². The Kier molecular flexibility index (Phi) is 2.77. The second-order valence-corrected chi connectivity index (χ2v) is 4.84. The number of hydrogen-bond donors (Lipinski definition) is 0. The van der Waals surface area contributed by atoms with Crippen molar-refractivity contribution in [1.82, 2.24) is 4.90 Å². The molecule has 0 amide bonds. The van der Waals surface area contributed by atoms with Crippen LogP contribution >= 0.6 is 0 Å². The summed E-state index contributed by atoms with van der Waals surface area (Å²) < 4.78 is 13.5. The van der Waals surface area contributed by atoms with E-state index in [1.165, 1.54) is 0 Å². The molecule has 72 valence electrons. The number of nitrogens with zero attached hydrogens (tertiary/aromatic N) is 1. The van der Waals surface area contributed by atoms with Gasteiger partial charge in [-0.15, -0.1) is 0 Å². The van der Waals surface area contributed by atoms with Gasteiger partial charge in [-0.3, -0.25) is 0 Å². The highest BCUT2D eigenvalue weighted by atomic mass is 19.1. The van der Waals surface area contributed by atoms with Crippen molar-refractivity contribution in [2.75, 3.05) is 19.6 Å². The van der Waals surface area contributed by atoms with Crippen LogP contribution in [-0.2, 0) is 0 Å². The average molecular weight is 173 g/mol. The molecule has 2 unspecified atom stereocenters. The molecule has 2 heteroatoms. The van der Waals surface area contributed by atoms with Crippen LogP contribution in [0.2, 0.25) is 0 Å². The summed E-state index contributed by atoms with van der Waals surface area (Å²) in [5, 5.41) is 0. The molecule has 0 aliphatic carbocycles. The Labute approximate surface area is 74.9 Å². The smallest absolute Gasteiger partial charge is 0.117 e. The van der Waals surface area contributed by atoms with Gasteiger partial charge in [0.15, 0.2) is 0 Å². The highest BCUT2D eigenvalue weighted by Gasteiger charge is 2.39. The third-order valence-electron chi connectivity index (χ3n) is 2.88. The van der Waals surface area contributed by atoms with Crippen LogP contribution in [0.25, 0.3) is 0 Å². The van der Waals surface area contributed by atoms with E-state index in [1.807, 2.05) is 0 Å². The van der Waals surface area contributed by atoms with Crippen molar-refractivity contribution < 1.29 is 4.39 Å². The minimum atomic E-state index is -0.620. The molecule has 0 radical (unpaired) electrons. The predicted octanol–water partition coefficient (Wildman–Crippen LogP) is 2.32. The fourth-order valence-corrected chi connectivity index (χ4v) is 1.92. The Balaban J connectivity index is 2.58. The summed E-state index contributed by atoms with van der Waals surface area (Å²) in [7, 11) is 0. The quantitative estimate of drug-likeness (QED) is 0.588. The van der Waals surface area contributed by atoms with Gasteiger partial charge in [-0.25, -0.2) is 4.39 Å². The van der Waals surface area contributed by atoms with Crippen LogP contribution in [0, 0.1) is 11.3 Å². The first-order chi connectivity index (χ1) is 5.45. The lowest BCUT2D eigenvalue weighted by molar-refractivity contribution is 0.159. The van der Waals surface area contributed by atoms with Crippen molar-refractivity contribution in [3.63, 3.8) is 0 Å². The van der Waals surface area contributed by atoms with E-state index in [-0.39, 0.29) is 11.3 Å². The monoisotopic (exact) mass is 173 g/mol. The molecule has 0 N–H and O–H groups in total. The molecule has 1 heterocycles. The summed E-state index contributed by atoms with van der Waals surface area (Å²) in [5.41, 5.74) is 0.114. The van der Waals surface area contributed by atoms with E-state index in [0.29, 0.717) is 6.54 Å². The summed E-state index contributed by atoms with van der Waals surface area (Å²) in [5.74, 6) is 0.220. The van der Waals surface area contributed by atoms with Crippen molar-refractivity contribution in [3.8, 4) is 0 Å². The molecule has 0 aromatic rings. The molecule has 1 aliphatic heterocycles. The number of halogens is 1. The lowest BCUT2D eigenvalue weighted by Gasteiger charge is -2.28. The zero-order chi connectivity index (χ0) is 9.35. The predicted molar refractivity (Wildman–Crippen MR) is 50.0 cm³/mol. The third kappa shape index (κ3) is 1.98. The van der Waals surface area contributed by atoms with Crippen molar-refractivity contribution in [2.45, 2.75) is 33.9 Å². The Hall–Kier alpha value is -0.110. The molecule has 0 saturated carbocycles. The summed E-state index contributed by atoms with van der Waals surface area (Å²) in [4.78, 5) is 2.20. The van der Waals surface area contributed by atoms with Gasteiger partial charge in [0.25, 0.3) is 0 Å². The van der Waals surface area contributed by atoms with Crippen molar-refractivity contribution in [1.29, 1.82) is 0 Å². The summed E-state index contributed by atoms with van der Waals surface area (Å²) in [6.07, 6.45) is -0.620. The van der Waals surface area contributed by atoms with Gasteiger partial charge < -0.3 is 4.90 Å². The summed E-state index contributed by atoms with van der Waals surface area (Å²) >= 11 is 0. The second kappa shape index (κ2) is 3.33. The van der Waals surface area contributed by atoms with Gasteiger partial charge in [0, 0.05) is 19.0 Å². The number of alkyl halides is 1. The fourth-order valence-electron chi connectivity index (χ4n) is 1.92. The van der Waals surface area contributed by atoms with E-state index in [1.54, 1.807) is 0 Å². The van der Waals surface area contributed by atoms with Gasteiger partial charge in [-0.05, 0) is 12.0 Å². The lowest BCUT2D eigenvalue weighted by atomic mass is 9.79. The van der Waals surface area contributed by atoms with Crippen LogP contribution in [0.3, 0.4) is 0 Å². The minimum Gasteiger partial charge on any atom is -0.300 e. The Morgan fingerprint density at radius 3 is 2.17 bits per heavy atom. The van der Waals surface area contributed by atoms with E-state index >= 15 is 0 Å². The van der Waals surface area contributed by atoms with Gasteiger partial charge in [-0.2, -0.15) is 0 Å². The molecule has 0 aromatic carbocycles. The first-order valence-electron chi connectivity index (χ1n) is 4.81. The molecule has 1 nitrogen and oxygen atoms in total. The van der Waals surface area contributed by atoms with Crippen LogP contribution in [-0.4, -0.2) is 30.7 Å². The van der Waals surface area contributed by atoms with Gasteiger partial charge in [0.1, 0.15) is 6.17 Å². The second-order valence-electron chi connectivity index (χ2n) is 4.84. The van der Waals surface area contributed by atoms with E-state index in [0.717, 1.165) is 13.1 Å². The molecule has 1 aliphatic rings. The molecule has 0 bridgehead atoms. The maximum Gasteiger partial charge on any atom is 0.117 e. The first kappa shape index (κ1) is 9.97. The maximum absolute atomic E-state index is 13.5. The molecule has 1 fully saturated rings. The average Bonchev–Trinajstić information content (AvgIpc) is 2.29. The van der Waals surface area contributed by atoms with Crippen LogP contribution in [0.1, 0.15) is 27.7 Å². The Bertz CT molecular complexity index is 150.